The van der Waals surface area contributed by atoms with Crippen molar-refractivity contribution in [3.63, 3.8) is 0 Å². The van der Waals surface area contributed by atoms with Crippen molar-refractivity contribution in [2.45, 2.75) is 38.9 Å². The maximum Gasteiger partial charge on any atom is 0.174 e. The van der Waals surface area contributed by atoms with E-state index in [4.69, 9.17) is 9.26 Å². The number of benzene rings is 1. The molecule has 1 atom stereocenters. The molecule has 1 aliphatic carbocycles. The third kappa shape index (κ3) is 2.63. The van der Waals surface area contributed by atoms with E-state index in [2.05, 4.69) is 5.16 Å². The maximum absolute atomic E-state index is 9.99. The number of aromatic nitrogens is 1. The Hall–Kier alpha value is -1.81. The van der Waals surface area contributed by atoms with E-state index in [0.717, 1.165) is 36.3 Å². The van der Waals surface area contributed by atoms with Crippen LogP contribution in [0.25, 0.3) is 0 Å². The molecule has 2 aromatic rings. The number of nitrogens with zero attached hydrogens (tertiary/aromatic N) is 1. The van der Waals surface area contributed by atoms with Crippen LogP contribution in [0.15, 0.2) is 28.8 Å². The number of hydrogen-bond acceptors (Lipinski definition) is 4. The van der Waals surface area contributed by atoms with E-state index >= 15 is 0 Å². The quantitative estimate of drug-likeness (QED) is 0.920. The zero-order valence-corrected chi connectivity index (χ0v) is 10.9. The lowest BCUT2D eigenvalue weighted by Gasteiger charge is -2.21. The van der Waals surface area contributed by atoms with Crippen molar-refractivity contribution in [1.82, 2.24) is 5.16 Å². The second-order valence-corrected chi connectivity index (χ2v) is 4.99. The van der Waals surface area contributed by atoms with Gasteiger partial charge in [0.25, 0.3) is 0 Å². The van der Waals surface area contributed by atoms with E-state index in [0.29, 0.717) is 12.4 Å². The number of ether oxygens (including phenoxy) is 1. The largest absolute Gasteiger partial charge is 0.486 e. The molecular weight excluding hydrogens is 242 g/mol. The lowest BCUT2D eigenvalue weighted by atomic mass is 9.89. The van der Waals surface area contributed by atoms with Crippen LogP contribution in [-0.2, 0) is 13.0 Å². The summed E-state index contributed by atoms with van der Waals surface area (Å²) in [6.07, 6.45) is 2.55. The highest BCUT2D eigenvalue weighted by Gasteiger charge is 2.18. The highest BCUT2D eigenvalue weighted by atomic mass is 16.5. The van der Waals surface area contributed by atoms with E-state index in [9.17, 15) is 5.11 Å². The van der Waals surface area contributed by atoms with E-state index in [1.807, 2.05) is 31.2 Å². The van der Waals surface area contributed by atoms with Crippen molar-refractivity contribution in [3.8, 4) is 5.75 Å². The summed E-state index contributed by atoms with van der Waals surface area (Å²) < 4.78 is 10.8. The summed E-state index contributed by atoms with van der Waals surface area (Å²) in [4.78, 5) is 0. The van der Waals surface area contributed by atoms with Gasteiger partial charge < -0.3 is 14.4 Å². The summed E-state index contributed by atoms with van der Waals surface area (Å²) in [5.41, 5.74) is 3.07. The van der Waals surface area contributed by atoms with Crippen molar-refractivity contribution in [2.24, 2.45) is 0 Å². The minimum absolute atomic E-state index is 0.357. The first-order valence-electron chi connectivity index (χ1n) is 6.58. The van der Waals surface area contributed by atoms with Crippen LogP contribution in [0.1, 0.15) is 41.5 Å². The van der Waals surface area contributed by atoms with Crippen molar-refractivity contribution >= 4 is 0 Å². The van der Waals surface area contributed by atoms with Gasteiger partial charge in [0.05, 0.1) is 11.8 Å². The van der Waals surface area contributed by atoms with E-state index < -0.39 is 0 Å². The number of hydrogen-bond donors (Lipinski definition) is 1. The number of aliphatic hydroxyl groups is 1. The Kier molecular flexibility index (Phi) is 3.25. The summed E-state index contributed by atoms with van der Waals surface area (Å²) in [5.74, 6) is 1.46. The van der Waals surface area contributed by atoms with Crippen LogP contribution in [-0.4, -0.2) is 10.3 Å². The van der Waals surface area contributed by atoms with Gasteiger partial charge in [0.1, 0.15) is 12.4 Å². The van der Waals surface area contributed by atoms with Gasteiger partial charge in [-0.25, -0.2) is 0 Å². The third-order valence-corrected chi connectivity index (χ3v) is 3.46. The zero-order valence-electron chi connectivity index (χ0n) is 10.9. The molecule has 1 aromatic heterocycles. The fourth-order valence-corrected chi connectivity index (χ4v) is 2.48. The molecule has 3 rings (SSSR count). The fourth-order valence-electron chi connectivity index (χ4n) is 2.48. The van der Waals surface area contributed by atoms with Gasteiger partial charge in [-0.2, -0.15) is 0 Å². The number of fused-ring (bicyclic) bond motifs is 1. The van der Waals surface area contributed by atoms with E-state index in [1.54, 1.807) is 0 Å². The Labute approximate surface area is 112 Å². The second-order valence-electron chi connectivity index (χ2n) is 4.99. The molecule has 0 unspecified atom stereocenters. The van der Waals surface area contributed by atoms with E-state index in [-0.39, 0.29) is 6.10 Å². The summed E-state index contributed by atoms with van der Waals surface area (Å²) in [6, 6.07) is 7.77. The molecule has 1 aliphatic rings. The van der Waals surface area contributed by atoms with Gasteiger partial charge in [0, 0.05) is 6.07 Å². The van der Waals surface area contributed by atoms with Crippen LogP contribution in [0.2, 0.25) is 0 Å². The molecule has 4 heteroatoms. The first-order chi connectivity index (χ1) is 9.22. The lowest BCUT2D eigenvalue weighted by Crippen LogP contribution is -2.09. The van der Waals surface area contributed by atoms with Crippen molar-refractivity contribution in [1.29, 1.82) is 0 Å². The van der Waals surface area contributed by atoms with Crippen LogP contribution in [0.5, 0.6) is 5.75 Å². The number of aryl methyl sites for hydroxylation is 2. The van der Waals surface area contributed by atoms with Gasteiger partial charge in [0.2, 0.25) is 0 Å². The Morgan fingerprint density at radius 2 is 2.32 bits per heavy atom. The Morgan fingerprint density at radius 1 is 1.42 bits per heavy atom. The average molecular weight is 259 g/mol. The normalized spacial score (nSPS) is 18.1. The first kappa shape index (κ1) is 12.2. The monoisotopic (exact) mass is 259 g/mol. The average Bonchev–Trinajstić information content (AvgIpc) is 2.83. The number of rotatable bonds is 3. The van der Waals surface area contributed by atoms with E-state index in [1.165, 1.54) is 5.56 Å². The Bertz CT molecular complexity index is 577. The van der Waals surface area contributed by atoms with Gasteiger partial charge in [-0.1, -0.05) is 11.2 Å². The Morgan fingerprint density at radius 3 is 3.11 bits per heavy atom. The molecular formula is C15H17NO3. The van der Waals surface area contributed by atoms with Crippen LogP contribution < -0.4 is 4.74 Å². The van der Waals surface area contributed by atoms with Gasteiger partial charge in [-0.3, -0.25) is 0 Å². The SMILES string of the molecule is Cc1cc(COc2ccc3c(c2)[C@H](O)CCC3)on1. The van der Waals surface area contributed by atoms with Crippen molar-refractivity contribution < 1.29 is 14.4 Å². The molecule has 0 bridgehead atoms. The third-order valence-electron chi connectivity index (χ3n) is 3.46. The Balaban J connectivity index is 1.73. The molecule has 1 aromatic carbocycles. The molecule has 0 aliphatic heterocycles. The van der Waals surface area contributed by atoms with Crippen molar-refractivity contribution in [3.05, 3.63) is 46.8 Å². The highest BCUT2D eigenvalue weighted by molar-refractivity contribution is 5.38. The minimum Gasteiger partial charge on any atom is -0.486 e. The smallest absolute Gasteiger partial charge is 0.174 e. The zero-order chi connectivity index (χ0) is 13.2. The maximum atomic E-state index is 9.99. The molecule has 0 saturated heterocycles. The molecule has 0 saturated carbocycles. The predicted molar refractivity (Wildman–Crippen MR) is 69.9 cm³/mol. The summed E-state index contributed by atoms with van der Waals surface area (Å²) in [6.45, 7) is 2.23. The van der Waals surface area contributed by atoms with Crippen molar-refractivity contribution in [2.75, 3.05) is 0 Å². The summed E-state index contributed by atoms with van der Waals surface area (Å²) in [5, 5.41) is 13.8. The van der Waals surface area contributed by atoms with Gasteiger partial charge in [-0.05, 0) is 49.4 Å². The molecule has 0 radical (unpaired) electrons. The van der Waals surface area contributed by atoms with Crippen LogP contribution in [0.4, 0.5) is 0 Å². The fraction of sp³-hybridized carbons (Fsp3) is 0.400. The standard InChI is InChI=1S/C15H17NO3/c1-10-7-13(19-16-10)9-18-12-6-5-11-3-2-4-15(17)14(11)8-12/h5-8,15,17H,2-4,9H2,1H3/t15-/m1/s1. The minimum atomic E-state index is -0.361. The summed E-state index contributed by atoms with van der Waals surface area (Å²) in [7, 11) is 0. The highest BCUT2D eigenvalue weighted by Crippen LogP contribution is 2.32. The molecule has 0 fully saturated rings. The predicted octanol–water partition coefficient (Wildman–Crippen LogP) is 2.93. The van der Waals surface area contributed by atoms with Crippen LogP contribution >= 0.6 is 0 Å². The molecule has 0 spiro atoms. The molecule has 0 amide bonds. The van der Waals surface area contributed by atoms with Crippen LogP contribution in [0.3, 0.4) is 0 Å². The molecule has 1 heterocycles. The van der Waals surface area contributed by atoms with Gasteiger partial charge in [0.15, 0.2) is 5.76 Å². The summed E-state index contributed by atoms with van der Waals surface area (Å²) >= 11 is 0. The molecule has 4 nitrogen and oxygen atoms in total. The molecule has 19 heavy (non-hydrogen) atoms. The molecule has 100 valence electrons. The second kappa shape index (κ2) is 5.05. The number of aliphatic hydroxyl groups excluding tert-OH is 1. The van der Waals surface area contributed by atoms with Gasteiger partial charge in [-0.15, -0.1) is 0 Å². The van der Waals surface area contributed by atoms with Gasteiger partial charge >= 0.3 is 0 Å². The lowest BCUT2D eigenvalue weighted by molar-refractivity contribution is 0.155. The van der Waals surface area contributed by atoms with Crippen LogP contribution in [0, 0.1) is 6.92 Å². The molecule has 1 N–H and O–H groups in total. The topological polar surface area (TPSA) is 55.5 Å². The first-order valence-corrected chi connectivity index (χ1v) is 6.58.